The topological polar surface area (TPSA) is 82.4 Å². The van der Waals surface area contributed by atoms with Gasteiger partial charge in [0.15, 0.2) is 5.82 Å². The van der Waals surface area contributed by atoms with Crippen LogP contribution in [0.3, 0.4) is 0 Å². The molecule has 0 amide bonds. The Hall–Kier alpha value is -3.39. The van der Waals surface area contributed by atoms with E-state index in [0.29, 0.717) is 64.9 Å². The van der Waals surface area contributed by atoms with Crippen LogP contribution in [0.4, 0.5) is 14.6 Å². The first-order chi connectivity index (χ1) is 16.4. The average Bonchev–Trinajstić information content (AvgIpc) is 3.33. The maximum atomic E-state index is 16.1. The van der Waals surface area contributed by atoms with Crippen molar-refractivity contribution in [3.05, 3.63) is 53.5 Å². The van der Waals surface area contributed by atoms with E-state index in [4.69, 9.17) is 0 Å². The van der Waals surface area contributed by atoms with Crippen LogP contribution in [0.2, 0.25) is 0 Å². The number of halogens is 2. The quantitative estimate of drug-likeness (QED) is 0.443. The Labute approximate surface area is 195 Å². The van der Waals surface area contributed by atoms with Crippen LogP contribution in [-0.2, 0) is 12.8 Å². The Balaban J connectivity index is 1.77. The fourth-order valence-electron chi connectivity index (χ4n) is 4.88. The van der Waals surface area contributed by atoms with Gasteiger partial charge in [-0.25, -0.2) is 18.7 Å². The van der Waals surface area contributed by atoms with Crippen LogP contribution in [0.5, 0.6) is 5.75 Å². The van der Waals surface area contributed by atoms with Gasteiger partial charge in [-0.15, -0.1) is 0 Å². The Morgan fingerprint density at radius 3 is 2.65 bits per heavy atom. The van der Waals surface area contributed by atoms with Crippen molar-refractivity contribution in [2.24, 2.45) is 5.92 Å². The molecule has 2 N–H and O–H groups in total. The SMILES string of the molecule is CCc1nc(N2CC[C@@H](CO)C2)c2cnc(-c3cc(O)cc4ccc(F)c(CC)c34)c(F)c2n1. The van der Waals surface area contributed by atoms with Gasteiger partial charge in [0.25, 0.3) is 0 Å². The van der Waals surface area contributed by atoms with Gasteiger partial charge in [0, 0.05) is 43.8 Å². The summed E-state index contributed by atoms with van der Waals surface area (Å²) in [7, 11) is 0. The number of benzene rings is 2. The van der Waals surface area contributed by atoms with E-state index in [1.54, 1.807) is 12.3 Å². The van der Waals surface area contributed by atoms with Crippen molar-refractivity contribution >= 4 is 27.5 Å². The highest BCUT2D eigenvalue weighted by atomic mass is 19.1. The maximum absolute atomic E-state index is 16.1. The van der Waals surface area contributed by atoms with Crippen LogP contribution in [0.1, 0.15) is 31.7 Å². The van der Waals surface area contributed by atoms with Gasteiger partial charge in [-0.05, 0) is 47.4 Å². The highest BCUT2D eigenvalue weighted by Gasteiger charge is 2.27. The van der Waals surface area contributed by atoms with Crippen LogP contribution >= 0.6 is 0 Å². The molecule has 4 aromatic rings. The molecule has 176 valence electrons. The van der Waals surface area contributed by atoms with Gasteiger partial charge < -0.3 is 15.1 Å². The summed E-state index contributed by atoms with van der Waals surface area (Å²) in [6.45, 7) is 5.18. The highest BCUT2D eigenvalue weighted by molar-refractivity contribution is 6.01. The summed E-state index contributed by atoms with van der Waals surface area (Å²) in [4.78, 5) is 15.6. The minimum absolute atomic E-state index is 0.00931. The smallest absolute Gasteiger partial charge is 0.175 e. The number of aromatic nitrogens is 3. The van der Waals surface area contributed by atoms with E-state index in [1.807, 2.05) is 18.7 Å². The molecule has 2 aromatic carbocycles. The maximum Gasteiger partial charge on any atom is 0.175 e. The third kappa shape index (κ3) is 3.62. The Kier molecular flexibility index (Phi) is 5.77. The average molecular weight is 465 g/mol. The second-order valence-electron chi connectivity index (χ2n) is 8.75. The summed E-state index contributed by atoms with van der Waals surface area (Å²) < 4.78 is 30.7. The van der Waals surface area contributed by atoms with E-state index in [0.717, 1.165) is 6.42 Å². The van der Waals surface area contributed by atoms with E-state index in [2.05, 4.69) is 15.0 Å². The van der Waals surface area contributed by atoms with Crippen molar-refractivity contribution in [3.8, 4) is 17.0 Å². The highest BCUT2D eigenvalue weighted by Crippen LogP contribution is 2.39. The van der Waals surface area contributed by atoms with Crippen LogP contribution < -0.4 is 4.90 Å². The Bertz CT molecular complexity index is 1410. The molecule has 1 saturated heterocycles. The molecule has 0 aliphatic carbocycles. The van der Waals surface area contributed by atoms with Crippen LogP contribution in [0.15, 0.2) is 30.5 Å². The van der Waals surface area contributed by atoms with Gasteiger partial charge in [-0.3, -0.25) is 4.98 Å². The third-order valence-corrected chi connectivity index (χ3v) is 6.63. The number of nitrogens with zero attached hydrogens (tertiary/aromatic N) is 4. The predicted octanol–water partition coefficient (Wildman–Crippen LogP) is 4.77. The van der Waals surface area contributed by atoms with Gasteiger partial charge >= 0.3 is 0 Å². The molecule has 0 radical (unpaired) electrons. The second-order valence-corrected chi connectivity index (χ2v) is 8.75. The van der Waals surface area contributed by atoms with Crippen molar-refractivity contribution in [3.63, 3.8) is 0 Å². The van der Waals surface area contributed by atoms with E-state index in [-0.39, 0.29) is 35.3 Å². The van der Waals surface area contributed by atoms with Crippen molar-refractivity contribution < 1.29 is 19.0 Å². The first-order valence-corrected chi connectivity index (χ1v) is 11.6. The number of hydrogen-bond acceptors (Lipinski definition) is 6. The zero-order valence-corrected chi connectivity index (χ0v) is 19.1. The number of aliphatic hydroxyl groups is 1. The number of anilines is 1. The number of aromatic hydroxyl groups is 1. The molecule has 0 bridgehead atoms. The third-order valence-electron chi connectivity index (χ3n) is 6.63. The van der Waals surface area contributed by atoms with Crippen LogP contribution in [0, 0.1) is 17.6 Å². The Morgan fingerprint density at radius 1 is 1.12 bits per heavy atom. The fourth-order valence-corrected chi connectivity index (χ4v) is 4.88. The van der Waals surface area contributed by atoms with Crippen molar-refractivity contribution in [1.82, 2.24) is 15.0 Å². The number of rotatable bonds is 5. The number of phenols is 1. The fraction of sp³-hybridized carbons (Fsp3) is 0.346. The number of fused-ring (bicyclic) bond motifs is 2. The largest absolute Gasteiger partial charge is 0.508 e. The van der Waals surface area contributed by atoms with E-state index < -0.39 is 5.82 Å². The van der Waals surface area contributed by atoms with Crippen LogP contribution in [0.25, 0.3) is 32.9 Å². The van der Waals surface area contributed by atoms with Crippen molar-refractivity contribution in [2.45, 2.75) is 33.1 Å². The predicted molar refractivity (Wildman–Crippen MR) is 128 cm³/mol. The van der Waals surface area contributed by atoms with Gasteiger partial charge in [-0.2, -0.15) is 0 Å². The molecule has 34 heavy (non-hydrogen) atoms. The summed E-state index contributed by atoms with van der Waals surface area (Å²) in [5, 5.41) is 21.5. The second kappa shape index (κ2) is 8.76. The molecule has 1 fully saturated rings. The van der Waals surface area contributed by atoms with E-state index >= 15 is 4.39 Å². The number of pyridine rings is 1. The Morgan fingerprint density at radius 2 is 1.94 bits per heavy atom. The lowest BCUT2D eigenvalue weighted by Crippen LogP contribution is -2.23. The zero-order chi connectivity index (χ0) is 24.0. The molecule has 8 heteroatoms. The van der Waals surface area contributed by atoms with Crippen LogP contribution in [-0.4, -0.2) is 44.9 Å². The first-order valence-electron chi connectivity index (χ1n) is 11.6. The molecule has 1 aliphatic heterocycles. The van der Waals surface area contributed by atoms with Gasteiger partial charge in [0.05, 0.1) is 5.39 Å². The van der Waals surface area contributed by atoms with E-state index in [9.17, 15) is 14.6 Å². The molecule has 1 aliphatic rings. The standard InChI is InChI=1S/C26H26F2N4O2/c1-3-17-20(27)6-5-15-9-16(34)10-18(22(15)17)24-23(28)25-19(11-29-24)26(31-21(4-2)30-25)32-8-7-14(12-32)13-33/h5-6,9-11,14,33-34H,3-4,7-8,12-13H2,1-2H3/t14-/m1/s1. The van der Waals surface area contributed by atoms with Gasteiger partial charge in [0.2, 0.25) is 0 Å². The first kappa shape index (κ1) is 22.4. The molecular formula is C26H26F2N4O2. The summed E-state index contributed by atoms with van der Waals surface area (Å²) >= 11 is 0. The summed E-state index contributed by atoms with van der Waals surface area (Å²) in [5.74, 6) is 0.194. The lowest BCUT2D eigenvalue weighted by molar-refractivity contribution is 0.238. The van der Waals surface area contributed by atoms with Crippen molar-refractivity contribution in [1.29, 1.82) is 0 Å². The zero-order valence-electron chi connectivity index (χ0n) is 19.1. The van der Waals surface area contributed by atoms with Crippen molar-refractivity contribution in [2.75, 3.05) is 24.6 Å². The number of phenolic OH excluding ortho intramolecular Hbond substituents is 1. The number of hydrogen-bond donors (Lipinski definition) is 2. The molecule has 0 unspecified atom stereocenters. The van der Waals surface area contributed by atoms with Gasteiger partial charge in [-0.1, -0.05) is 19.9 Å². The lowest BCUT2D eigenvalue weighted by atomic mass is 9.94. The number of aryl methyl sites for hydroxylation is 2. The van der Waals surface area contributed by atoms with E-state index in [1.165, 1.54) is 18.2 Å². The minimum atomic E-state index is -0.632. The monoisotopic (exact) mass is 464 g/mol. The summed E-state index contributed by atoms with van der Waals surface area (Å²) in [5.41, 5.74) is 0.921. The summed E-state index contributed by atoms with van der Waals surface area (Å²) in [6, 6.07) is 5.90. The molecule has 2 aromatic heterocycles. The molecule has 1 atom stereocenters. The normalized spacial score (nSPS) is 16.1. The lowest BCUT2D eigenvalue weighted by Gasteiger charge is -2.20. The minimum Gasteiger partial charge on any atom is -0.508 e. The molecule has 3 heterocycles. The molecule has 5 rings (SSSR count). The number of aliphatic hydroxyl groups excluding tert-OH is 1. The molecule has 0 spiro atoms. The van der Waals surface area contributed by atoms with Gasteiger partial charge in [0.1, 0.15) is 34.4 Å². The molecular weight excluding hydrogens is 438 g/mol. The molecule has 6 nitrogen and oxygen atoms in total. The summed E-state index contributed by atoms with van der Waals surface area (Å²) in [6.07, 6.45) is 3.31. The molecule has 0 saturated carbocycles.